The van der Waals surface area contributed by atoms with Crippen molar-refractivity contribution in [3.05, 3.63) is 0 Å². The van der Waals surface area contributed by atoms with Crippen LogP contribution in [0, 0.1) is 5.92 Å². The van der Waals surface area contributed by atoms with Crippen molar-refractivity contribution in [3.63, 3.8) is 0 Å². The summed E-state index contributed by atoms with van der Waals surface area (Å²) in [7, 11) is 0. The summed E-state index contributed by atoms with van der Waals surface area (Å²) in [5.41, 5.74) is 6.40. The predicted octanol–water partition coefficient (Wildman–Crippen LogP) is 1.74. The van der Waals surface area contributed by atoms with Crippen molar-refractivity contribution in [2.24, 2.45) is 11.7 Å². The molecule has 3 fully saturated rings. The van der Waals surface area contributed by atoms with Crippen LogP contribution in [-0.4, -0.2) is 29.6 Å². The molecule has 0 unspecified atom stereocenters. The van der Waals surface area contributed by atoms with Crippen LogP contribution in [0.25, 0.3) is 0 Å². The number of nitrogens with two attached hydrogens (primary N) is 1. The molecule has 0 radical (unpaired) electrons. The lowest BCUT2D eigenvalue weighted by molar-refractivity contribution is 0.121. The molecule has 1 saturated heterocycles. The Hall–Kier alpha value is -0.0800. The molecule has 2 nitrogen and oxygen atoms in total. The molecule has 1 heterocycles. The molecule has 3 rings (SSSR count). The maximum absolute atomic E-state index is 5.93. The van der Waals surface area contributed by atoms with E-state index < -0.39 is 0 Å². The minimum absolute atomic E-state index is 0.469. The molecule has 1 aliphatic heterocycles. The summed E-state index contributed by atoms with van der Waals surface area (Å²) >= 11 is 0. The molecule has 2 heteroatoms. The summed E-state index contributed by atoms with van der Waals surface area (Å²) in [6, 6.07) is 0.912. The fraction of sp³-hybridized carbons (Fsp3) is 1.00. The van der Waals surface area contributed by atoms with E-state index in [1.165, 1.54) is 51.5 Å². The van der Waals surface area contributed by atoms with Crippen LogP contribution < -0.4 is 5.73 Å². The van der Waals surface area contributed by atoms with Crippen LogP contribution in [0.5, 0.6) is 0 Å². The third-order valence-electron chi connectivity index (χ3n) is 4.83. The van der Waals surface area contributed by atoms with Gasteiger partial charge in [0.1, 0.15) is 0 Å². The topological polar surface area (TPSA) is 29.3 Å². The van der Waals surface area contributed by atoms with E-state index in [1.807, 2.05) is 0 Å². The van der Waals surface area contributed by atoms with E-state index in [0.29, 0.717) is 5.54 Å². The quantitative estimate of drug-likeness (QED) is 0.725. The highest BCUT2D eigenvalue weighted by molar-refractivity contribution is 5.09. The average molecular weight is 194 g/mol. The normalized spacial score (nSPS) is 40.9. The number of hydrogen-bond acceptors (Lipinski definition) is 2. The van der Waals surface area contributed by atoms with Crippen molar-refractivity contribution in [3.8, 4) is 0 Å². The van der Waals surface area contributed by atoms with Gasteiger partial charge in [0.15, 0.2) is 0 Å². The summed E-state index contributed by atoms with van der Waals surface area (Å²) in [5.74, 6) is 1.02. The first kappa shape index (κ1) is 9.17. The van der Waals surface area contributed by atoms with E-state index >= 15 is 0 Å². The smallest absolute Gasteiger partial charge is 0.0336 e. The Morgan fingerprint density at radius 2 is 1.93 bits per heavy atom. The first-order valence-corrected chi connectivity index (χ1v) is 6.33. The number of nitrogens with zero attached hydrogens (tertiary/aromatic N) is 1. The van der Waals surface area contributed by atoms with E-state index in [9.17, 15) is 0 Å². The monoisotopic (exact) mass is 194 g/mol. The van der Waals surface area contributed by atoms with Gasteiger partial charge in [0.2, 0.25) is 0 Å². The molecule has 14 heavy (non-hydrogen) atoms. The second kappa shape index (κ2) is 3.21. The lowest BCUT2D eigenvalue weighted by Gasteiger charge is -2.37. The van der Waals surface area contributed by atoms with Gasteiger partial charge in [-0.3, -0.25) is 4.90 Å². The van der Waals surface area contributed by atoms with Crippen molar-refractivity contribution in [1.82, 2.24) is 4.90 Å². The molecule has 0 aromatic rings. The molecule has 3 aliphatic rings. The largest absolute Gasteiger partial charge is 0.329 e. The van der Waals surface area contributed by atoms with E-state index in [1.54, 1.807) is 0 Å². The van der Waals surface area contributed by atoms with Crippen LogP contribution in [0.3, 0.4) is 0 Å². The number of likely N-dealkylation sites (tertiary alicyclic amines) is 1. The van der Waals surface area contributed by atoms with Crippen molar-refractivity contribution < 1.29 is 0 Å². The second-order valence-electron chi connectivity index (χ2n) is 5.52. The van der Waals surface area contributed by atoms with E-state index in [2.05, 4.69) is 4.90 Å². The van der Waals surface area contributed by atoms with E-state index in [-0.39, 0.29) is 0 Å². The third kappa shape index (κ3) is 1.24. The summed E-state index contributed by atoms with van der Waals surface area (Å²) in [6.07, 6.45) is 10.1. The Kier molecular flexibility index (Phi) is 2.10. The third-order valence-corrected chi connectivity index (χ3v) is 4.83. The van der Waals surface area contributed by atoms with Crippen molar-refractivity contribution >= 4 is 0 Å². The Morgan fingerprint density at radius 3 is 2.64 bits per heavy atom. The zero-order chi connectivity index (χ0) is 9.60. The fourth-order valence-electron chi connectivity index (χ4n) is 3.75. The molecular weight excluding hydrogens is 172 g/mol. The molecule has 2 saturated carbocycles. The molecule has 80 valence electrons. The molecule has 0 aromatic heterocycles. The highest BCUT2D eigenvalue weighted by atomic mass is 15.3. The standard InChI is InChI=1S/C12H22N2/c13-9-12(6-7-12)14-8-5-10-3-1-2-4-11(10)14/h10-11H,1-9,13H2/t10-,11-/m0/s1. The molecule has 0 amide bonds. The summed E-state index contributed by atoms with van der Waals surface area (Å²) in [4.78, 5) is 2.79. The Labute approximate surface area is 86.8 Å². The minimum Gasteiger partial charge on any atom is -0.329 e. The van der Waals surface area contributed by atoms with Crippen molar-refractivity contribution in [2.45, 2.75) is 56.5 Å². The van der Waals surface area contributed by atoms with Crippen LogP contribution in [-0.2, 0) is 0 Å². The van der Waals surface area contributed by atoms with Gasteiger partial charge in [-0.2, -0.15) is 0 Å². The van der Waals surface area contributed by atoms with Gasteiger partial charge >= 0.3 is 0 Å². The Balaban J connectivity index is 1.75. The number of hydrogen-bond donors (Lipinski definition) is 1. The average Bonchev–Trinajstić information content (AvgIpc) is 2.91. The maximum atomic E-state index is 5.93. The first-order valence-electron chi connectivity index (χ1n) is 6.33. The zero-order valence-electron chi connectivity index (χ0n) is 9.04. The van der Waals surface area contributed by atoms with Crippen molar-refractivity contribution in [1.29, 1.82) is 0 Å². The highest BCUT2D eigenvalue weighted by Gasteiger charge is 2.52. The Morgan fingerprint density at radius 1 is 1.14 bits per heavy atom. The van der Waals surface area contributed by atoms with Gasteiger partial charge < -0.3 is 5.73 Å². The first-order chi connectivity index (χ1) is 6.86. The molecule has 0 spiro atoms. The zero-order valence-corrected chi connectivity index (χ0v) is 9.04. The van der Waals surface area contributed by atoms with Crippen LogP contribution in [0.4, 0.5) is 0 Å². The maximum Gasteiger partial charge on any atom is 0.0336 e. The second-order valence-corrected chi connectivity index (χ2v) is 5.52. The lowest BCUT2D eigenvalue weighted by Crippen LogP contribution is -2.47. The van der Waals surface area contributed by atoms with Crippen LogP contribution in [0.15, 0.2) is 0 Å². The summed E-state index contributed by atoms with van der Waals surface area (Å²) < 4.78 is 0. The SMILES string of the molecule is NCC1(N2CC[C@@H]3CCCC[C@@H]32)CC1. The Bertz CT molecular complexity index is 222. The highest BCUT2D eigenvalue weighted by Crippen LogP contribution is 2.48. The summed E-state index contributed by atoms with van der Waals surface area (Å²) in [5, 5.41) is 0. The molecular formula is C12H22N2. The van der Waals surface area contributed by atoms with Gasteiger partial charge in [0, 0.05) is 18.1 Å². The van der Waals surface area contributed by atoms with Gasteiger partial charge in [-0.05, 0) is 44.6 Å². The van der Waals surface area contributed by atoms with Gasteiger partial charge in [-0.1, -0.05) is 12.8 Å². The lowest BCUT2D eigenvalue weighted by atomic mass is 9.85. The fourth-order valence-corrected chi connectivity index (χ4v) is 3.75. The molecule has 0 bridgehead atoms. The van der Waals surface area contributed by atoms with Crippen LogP contribution in [0.2, 0.25) is 0 Å². The molecule has 0 aromatic carbocycles. The number of fused-ring (bicyclic) bond motifs is 1. The predicted molar refractivity (Wildman–Crippen MR) is 58.1 cm³/mol. The van der Waals surface area contributed by atoms with Gasteiger partial charge in [-0.15, -0.1) is 0 Å². The van der Waals surface area contributed by atoms with Gasteiger partial charge in [0.05, 0.1) is 0 Å². The summed E-state index contributed by atoms with van der Waals surface area (Å²) in [6.45, 7) is 2.24. The van der Waals surface area contributed by atoms with Crippen LogP contribution in [0.1, 0.15) is 44.9 Å². The van der Waals surface area contributed by atoms with Crippen molar-refractivity contribution in [2.75, 3.05) is 13.1 Å². The molecule has 2 aliphatic carbocycles. The molecule has 2 N–H and O–H groups in total. The van der Waals surface area contributed by atoms with E-state index in [4.69, 9.17) is 5.73 Å². The minimum atomic E-state index is 0.469. The van der Waals surface area contributed by atoms with E-state index in [0.717, 1.165) is 18.5 Å². The number of rotatable bonds is 2. The van der Waals surface area contributed by atoms with Gasteiger partial charge in [-0.25, -0.2) is 0 Å². The molecule has 2 atom stereocenters. The van der Waals surface area contributed by atoms with Gasteiger partial charge in [0.25, 0.3) is 0 Å². The van der Waals surface area contributed by atoms with Crippen LogP contribution >= 0.6 is 0 Å².